The summed E-state index contributed by atoms with van der Waals surface area (Å²) in [6.07, 6.45) is 3.53. The molecule has 2 aromatic heterocycles. The fourth-order valence-corrected chi connectivity index (χ4v) is 2.05. The van der Waals surface area contributed by atoms with Crippen LogP contribution in [0.5, 0.6) is 0 Å². The fourth-order valence-electron chi connectivity index (χ4n) is 1.76. The first-order valence-electron chi connectivity index (χ1n) is 5.98. The van der Waals surface area contributed by atoms with Gasteiger partial charge in [-0.2, -0.15) is 5.10 Å². The van der Waals surface area contributed by atoms with Crippen LogP contribution in [0.1, 0.15) is 33.7 Å². The molecule has 1 N–H and O–H groups in total. The number of aromatic amines is 1. The van der Waals surface area contributed by atoms with Crippen molar-refractivity contribution < 1.29 is 0 Å². The van der Waals surface area contributed by atoms with Gasteiger partial charge in [0.05, 0.1) is 0 Å². The maximum atomic E-state index is 5.35. The van der Waals surface area contributed by atoms with Gasteiger partial charge < -0.3 is 0 Å². The van der Waals surface area contributed by atoms with Crippen LogP contribution in [-0.4, -0.2) is 19.7 Å². The molecular weight excluding hydrogens is 244 g/mol. The van der Waals surface area contributed by atoms with Gasteiger partial charge in [0.2, 0.25) is 0 Å². The van der Waals surface area contributed by atoms with Crippen molar-refractivity contribution in [1.82, 2.24) is 19.7 Å². The van der Waals surface area contributed by atoms with Crippen LogP contribution in [0, 0.1) is 10.2 Å². The van der Waals surface area contributed by atoms with Gasteiger partial charge in [-0.05, 0) is 36.7 Å². The monoisotopic (exact) mass is 262 g/mol. The van der Waals surface area contributed by atoms with E-state index < -0.39 is 0 Å². The van der Waals surface area contributed by atoms with E-state index in [0.29, 0.717) is 4.77 Å². The third kappa shape index (κ3) is 2.36. The van der Waals surface area contributed by atoms with Crippen LogP contribution in [0.3, 0.4) is 0 Å². The van der Waals surface area contributed by atoms with Gasteiger partial charge in [0.1, 0.15) is 0 Å². The van der Waals surface area contributed by atoms with Gasteiger partial charge >= 0.3 is 0 Å². The molecule has 0 aromatic carbocycles. The molecule has 0 aliphatic carbocycles. The standard InChI is InChI=1S/C13H18N4S/c1-9(13(2,3)4)17-11(15-16-12(17)18)10-5-7-14-8-6-10/h5-9H,1-4H3,(H,16,18). The molecule has 2 aromatic rings. The molecular formula is C13H18N4S. The number of H-pyrrole nitrogens is 1. The molecule has 18 heavy (non-hydrogen) atoms. The van der Waals surface area contributed by atoms with Gasteiger partial charge in [0, 0.05) is 24.0 Å². The summed E-state index contributed by atoms with van der Waals surface area (Å²) in [7, 11) is 0. The van der Waals surface area contributed by atoms with E-state index in [1.807, 2.05) is 12.1 Å². The second-order valence-electron chi connectivity index (χ2n) is 5.50. The number of nitrogens with one attached hydrogen (secondary N) is 1. The topological polar surface area (TPSA) is 46.5 Å². The highest BCUT2D eigenvalue weighted by atomic mass is 32.1. The molecule has 2 rings (SSSR count). The Morgan fingerprint density at radius 2 is 1.89 bits per heavy atom. The van der Waals surface area contributed by atoms with Crippen molar-refractivity contribution in [3.8, 4) is 11.4 Å². The van der Waals surface area contributed by atoms with Gasteiger partial charge in [0.15, 0.2) is 10.6 Å². The second kappa shape index (κ2) is 4.65. The SMILES string of the molecule is CC(n1c(-c2ccncc2)n[nH]c1=S)C(C)(C)C. The van der Waals surface area contributed by atoms with Crippen LogP contribution in [0.4, 0.5) is 0 Å². The average molecular weight is 262 g/mol. The first-order chi connectivity index (χ1) is 8.41. The zero-order valence-electron chi connectivity index (χ0n) is 11.1. The molecule has 0 spiro atoms. The summed E-state index contributed by atoms with van der Waals surface area (Å²) in [6, 6.07) is 4.14. The first-order valence-corrected chi connectivity index (χ1v) is 6.39. The van der Waals surface area contributed by atoms with Crippen LogP contribution in [-0.2, 0) is 0 Å². The molecule has 0 fully saturated rings. The van der Waals surface area contributed by atoms with E-state index in [1.165, 1.54) is 0 Å². The Kier molecular flexibility index (Phi) is 3.34. The molecule has 0 bridgehead atoms. The largest absolute Gasteiger partial charge is 0.297 e. The summed E-state index contributed by atoms with van der Waals surface area (Å²) in [5.74, 6) is 0.866. The summed E-state index contributed by atoms with van der Waals surface area (Å²) in [6.45, 7) is 8.75. The molecule has 0 amide bonds. The lowest BCUT2D eigenvalue weighted by Crippen LogP contribution is -2.22. The van der Waals surface area contributed by atoms with Crippen molar-refractivity contribution in [1.29, 1.82) is 0 Å². The summed E-state index contributed by atoms with van der Waals surface area (Å²) in [4.78, 5) is 4.03. The van der Waals surface area contributed by atoms with E-state index in [4.69, 9.17) is 12.2 Å². The lowest BCUT2D eigenvalue weighted by Gasteiger charge is -2.29. The van der Waals surface area contributed by atoms with Gasteiger partial charge in [-0.15, -0.1) is 0 Å². The Labute approximate surface area is 112 Å². The third-order valence-corrected chi connectivity index (χ3v) is 3.57. The zero-order valence-corrected chi connectivity index (χ0v) is 12.0. The maximum Gasteiger partial charge on any atom is 0.195 e. The van der Waals surface area contributed by atoms with E-state index in [1.54, 1.807) is 12.4 Å². The highest BCUT2D eigenvalue weighted by Gasteiger charge is 2.25. The number of nitrogens with zero attached hydrogens (tertiary/aromatic N) is 3. The predicted octanol–water partition coefficient (Wildman–Crippen LogP) is 3.61. The van der Waals surface area contributed by atoms with E-state index in [0.717, 1.165) is 11.4 Å². The van der Waals surface area contributed by atoms with Crippen LogP contribution in [0.15, 0.2) is 24.5 Å². The normalized spacial score (nSPS) is 13.6. The third-order valence-electron chi connectivity index (χ3n) is 3.28. The van der Waals surface area contributed by atoms with Gasteiger partial charge in [-0.1, -0.05) is 20.8 Å². The van der Waals surface area contributed by atoms with E-state index in [-0.39, 0.29) is 11.5 Å². The first kappa shape index (κ1) is 13.0. The van der Waals surface area contributed by atoms with Crippen LogP contribution in [0.2, 0.25) is 0 Å². The number of aromatic nitrogens is 4. The molecule has 1 unspecified atom stereocenters. The van der Waals surface area contributed by atoms with Crippen molar-refractivity contribution in [3.63, 3.8) is 0 Å². The van der Waals surface area contributed by atoms with Crippen molar-refractivity contribution in [2.75, 3.05) is 0 Å². The summed E-state index contributed by atoms with van der Waals surface area (Å²) >= 11 is 5.35. The number of hydrogen-bond donors (Lipinski definition) is 1. The predicted molar refractivity (Wildman–Crippen MR) is 74.8 cm³/mol. The van der Waals surface area contributed by atoms with Gasteiger partial charge in [0.25, 0.3) is 0 Å². The second-order valence-corrected chi connectivity index (χ2v) is 5.89. The highest BCUT2D eigenvalue weighted by Crippen LogP contribution is 2.33. The van der Waals surface area contributed by atoms with E-state index in [2.05, 4.69) is 47.4 Å². The molecule has 0 saturated carbocycles. The Balaban J connectivity index is 2.56. The summed E-state index contributed by atoms with van der Waals surface area (Å²) in [5, 5.41) is 7.22. The minimum absolute atomic E-state index is 0.115. The van der Waals surface area contributed by atoms with E-state index >= 15 is 0 Å². The molecule has 2 heterocycles. The molecule has 4 nitrogen and oxygen atoms in total. The molecule has 0 aliphatic rings. The molecule has 1 atom stereocenters. The quantitative estimate of drug-likeness (QED) is 0.841. The highest BCUT2D eigenvalue weighted by molar-refractivity contribution is 7.71. The number of hydrogen-bond acceptors (Lipinski definition) is 3. The van der Waals surface area contributed by atoms with Gasteiger partial charge in [-0.25, -0.2) is 0 Å². The molecule has 5 heteroatoms. The zero-order chi connectivity index (χ0) is 13.3. The lowest BCUT2D eigenvalue weighted by atomic mass is 9.88. The molecule has 96 valence electrons. The van der Waals surface area contributed by atoms with Crippen molar-refractivity contribution in [2.45, 2.75) is 33.7 Å². The van der Waals surface area contributed by atoms with Crippen LogP contribution >= 0.6 is 12.2 Å². The van der Waals surface area contributed by atoms with Crippen LogP contribution in [0.25, 0.3) is 11.4 Å². The summed E-state index contributed by atoms with van der Waals surface area (Å²) in [5.41, 5.74) is 1.14. The average Bonchev–Trinajstić information content (AvgIpc) is 2.70. The molecule has 0 radical (unpaired) electrons. The lowest BCUT2D eigenvalue weighted by molar-refractivity contribution is 0.262. The Morgan fingerprint density at radius 3 is 2.44 bits per heavy atom. The smallest absolute Gasteiger partial charge is 0.195 e. The minimum Gasteiger partial charge on any atom is -0.297 e. The summed E-state index contributed by atoms with van der Waals surface area (Å²) < 4.78 is 2.73. The Morgan fingerprint density at radius 1 is 1.28 bits per heavy atom. The van der Waals surface area contributed by atoms with Crippen molar-refractivity contribution >= 4 is 12.2 Å². The van der Waals surface area contributed by atoms with Crippen molar-refractivity contribution in [2.24, 2.45) is 5.41 Å². The number of pyridine rings is 1. The Hall–Kier alpha value is -1.49. The number of rotatable bonds is 2. The van der Waals surface area contributed by atoms with Crippen LogP contribution < -0.4 is 0 Å². The maximum absolute atomic E-state index is 5.35. The fraction of sp³-hybridized carbons (Fsp3) is 0.462. The van der Waals surface area contributed by atoms with E-state index in [9.17, 15) is 0 Å². The van der Waals surface area contributed by atoms with Crippen molar-refractivity contribution in [3.05, 3.63) is 29.3 Å². The van der Waals surface area contributed by atoms with Gasteiger partial charge in [-0.3, -0.25) is 14.6 Å². The molecule has 0 saturated heterocycles. The Bertz CT molecular complexity index is 577. The minimum atomic E-state index is 0.115. The molecule has 0 aliphatic heterocycles.